The lowest BCUT2D eigenvalue weighted by Gasteiger charge is -2.21. The van der Waals surface area contributed by atoms with Crippen molar-refractivity contribution in [3.63, 3.8) is 0 Å². The molecule has 1 atom stereocenters. The van der Waals surface area contributed by atoms with Crippen molar-refractivity contribution in [3.8, 4) is 11.5 Å². The molecule has 0 saturated heterocycles. The van der Waals surface area contributed by atoms with Crippen LogP contribution in [0.15, 0.2) is 77.7 Å². The first kappa shape index (κ1) is 19.8. The minimum atomic E-state index is -1.42. The van der Waals surface area contributed by atoms with Gasteiger partial charge in [-0.2, -0.15) is 0 Å². The lowest BCUT2D eigenvalue weighted by molar-refractivity contribution is 0.171. The number of para-hydroxylation sites is 1. The molecule has 0 bridgehead atoms. The highest BCUT2D eigenvalue weighted by molar-refractivity contribution is 7.86. The Morgan fingerprint density at radius 1 is 0.867 bits per heavy atom. The first-order valence-corrected chi connectivity index (χ1v) is 10.5. The lowest BCUT2D eigenvalue weighted by Crippen LogP contribution is -2.21. The van der Waals surface area contributed by atoms with Crippen LogP contribution in [0.4, 0.5) is 21.9 Å². The van der Waals surface area contributed by atoms with Crippen molar-refractivity contribution < 1.29 is 18.5 Å². The van der Waals surface area contributed by atoms with Gasteiger partial charge in [0.2, 0.25) is 0 Å². The van der Waals surface area contributed by atoms with Crippen LogP contribution in [-0.2, 0) is 11.0 Å². The number of hydrogen-bond donors (Lipinski definition) is 2. The molecule has 1 aliphatic heterocycles. The van der Waals surface area contributed by atoms with Crippen molar-refractivity contribution in [2.24, 2.45) is 0 Å². The van der Waals surface area contributed by atoms with Crippen LogP contribution in [0.1, 0.15) is 0 Å². The summed E-state index contributed by atoms with van der Waals surface area (Å²) in [7, 11) is 0.325. The Balaban J connectivity index is 1.40. The summed E-state index contributed by atoms with van der Waals surface area (Å²) in [6, 6.07) is 21.3. The van der Waals surface area contributed by atoms with Crippen LogP contribution >= 0.6 is 0 Å². The zero-order valence-electron chi connectivity index (χ0n) is 16.3. The number of nitrogens with zero attached hydrogens (tertiary/aromatic N) is 1. The fourth-order valence-electron chi connectivity index (χ4n) is 2.96. The fourth-order valence-corrected chi connectivity index (χ4v) is 3.98. The van der Waals surface area contributed by atoms with Gasteiger partial charge in [0.25, 0.3) is 0 Å². The van der Waals surface area contributed by atoms with E-state index in [4.69, 9.17) is 9.47 Å². The van der Waals surface area contributed by atoms with Crippen molar-refractivity contribution in [1.82, 2.24) is 0 Å². The molecule has 30 heavy (non-hydrogen) atoms. The van der Waals surface area contributed by atoms with Gasteiger partial charge in [-0.3, -0.25) is 4.31 Å². The molecule has 0 saturated carbocycles. The zero-order valence-corrected chi connectivity index (χ0v) is 17.1. The molecule has 0 aliphatic carbocycles. The summed E-state index contributed by atoms with van der Waals surface area (Å²) < 4.78 is 25.7. The summed E-state index contributed by atoms with van der Waals surface area (Å²) in [4.78, 5) is 12.7. The van der Waals surface area contributed by atoms with Gasteiger partial charge in [0.1, 0.15) is 13.2 Å². The Labute approximate surface area is 177 Å². The number of hydrogen-bond acceptors (Lipinski definition) is 4. The minimum absolute atomic E-state index is 0.331. The smallest absolute Gasteiger partial charge is 0.323 e. The number of benzene rings is 3. The van der Waals surface area contributed by atoms with E-state index < -0.39 is 11.0 Å². The molecule has 154 valence electrons. The van der Waals surface area contributed by atoms with Gasteiger partial charge in [-0.25, -0.2) is 9.00 Å². The Kier molecular flexibility index (Phi) is 5.85. The predicted molar refractivity (Wildman–Crippen MR) is 118 cm³/mol. The number of ether oxygens (including phenoxy) is 2. The van der Waals surface area contributed by atoms with Gasteiger partial charge in [0, 0.05) is 30.2 Å². The normalized spacial score (nSPS) is 13.2. The maximum absolute atomic E-state index is 13.0. The first-order valence-electron chi connectivity index (χ1n) is 9.38. The van der Waals surface area contributed by atoms with E-state index in [0.29, 0.717) is 41.0 Å². The van der Waals surface area contributed by atoms with E-state index in [9.17, 15) is 9.00 Å². The first-order chi connectivity index (χ1) is 14.6. The predicted octanol–water partition coefficient (Wildman–Crippen LogP) is 4.26. The Morgan fingerprint density at radius 2 is 1.50 bits per heavy atom. The quantitative estimate of drug-likeness (QED) is 0.643. The number of carbonyl (C=O) groups is 1. The van der Waals surface area contributed by atoms with E-state index in [1.54, 1.807) is 53.8 Å². The largest absolute Gasteiger partial charge is 0.486 e. The molecular weight excluding hydrogens is 402 g/mol. The third kappa shape index (κ3) is 4.55. The van der Waals surface area contributed by atoms with Crippen LogP contribution in [0.2, 0.25) is 0 Å². The van der Waals surface area contributed by atoms with Gasteiger partial charge in [0.05, 0.1) is 4.90 Å². The minimum Gasteiger partial charge on any atom is -0.486 e. The van der Waals surface area contributed by atoms with Crippen LogP contribution in [0.25, 0.3) is 0 Å². The highest BCUT2D eigenvalue weighted by Gasteiger charge is 2.17. The summed E-state index contributed by atoms with van der Waals surface area (Å²) in [6.45, 7) is 0.990. The van der Waals surface area contributed by atoms with Crippen molar-refractivity contribution in [2.45, 2.75) is 4.90 Å². The highest BCUT2D eigenvalue weighted by atomic mass is 32.2. The SMILES string of the molecule is CN(c1ccc(NC(=O)Nc2ccccc2)cc1)S(=O)c1ccc2c(c1)OCCO2. The number of carbonyl (C=O) groups excluding carboxylic acids is 1. The second kappa shape index (κ2) is 8.87. The highest BCUT2D eigenvalue weighted by Crippen LogP contribution is 2.32. The number of urea groups is 1. The molecule has 0 radical (unpaired) electrons. The summed E-state index contributed by atoms with van der Waals surface area (Å²) in [5.41, 5.74) is 2.09. The van der Waals surface area contributed by atoms with E-state index in [0.717, 1.165) is 5.69 Å². The number of nitrogens with one attached hydrogen (secondary N) is 2. The fraction of sp³-hybridized carbons (Fsp3) is 0.136. The monoisotopic (exact) mass is 423 g/mol. The molecule has 7 nitrogen and oxygen atoms in total. The summed E-state index contributed by atoms with van der Waals surface area (Å²) >= 11 is 0. The molecule has 2 amide bonds. The summed E-state index contributed by atoms with van der Waals surface area (Å²) in [5.74, 6) is 1.26. The molecule has 3 aromatic carbocycles. The third-order valence-electron chi connectivity index (χ3n) is 4.48. The molecule has 1 unspecified atom stereocenters. The lowest BCUT2D eigenvalue weighted by atomic mass is 10.3. The zero-order chi connectivity index (χ0) is 20.9. The average Bonchev–Trinajstić information content (AvgIpc) is 2.79. The van der Waals surface area contributed by atoms with Crippen molar-refractivity contribution in [1.29, 1.82) is 0 Å². The third-order valence-corrected chi connectivity index (χ3v) is 5.85. The number of amides is 2. The second-order valence-corrected chi connectivity index (χ2v) is 8.06. The molecule has 0 spiro atoms. The van der Waals surface area contributed by atoms with Gasteiger partial charge < -0.3 is 20.1 Å². The maximum Gasteiger partial charge on any atom is 0.323 e. The summed E-state index contributed by atoms with van der Waals surface area (Å²) in [6.07, 6.45) is 0. The molecule has 2 N–H and O–H groups in total. The van der Waals surface area contributed by atoms with Gasteiger partial charge in [-0.15, -0.1) is 0 Å². The van der Waals surface area contributed by atoms with Gasteiger partial charge in [0.15, 0.2) is 22.5 Å². The molecule has 1 heterocycles. The van der Waals surface area contributed by atoms with Crippen molar-refractivity contribution in [3.05, 3.63) is 72.8 Å². The van der Waals surface area contributed by atoms with E-state index in [-0.39, 0.29) is 6.03 Å². The van der Waals surface area contributed by atoms with Gasteiger partial charge in [-0.1, -0.05) is 18.2 Å². The topological polar surface area (TPSA) is 79.9 Å². The van der Waals surface area contributed by atoms with Crippen LogP contribution in [0.5, 0.6) is 11.5 Å². The van der Waals surface area contributed by atoms with Crippen LogP contribution in [0.3, 0.4) is 0 Å². The Morgan fingerprint density at radius 3 is 2.20 bits per heavy atom. The van der Waals surface area contributed by atoms with Crippen LogP contribution in [-0.4, -0.2) is 30.5 Å². The number of anilines is 3. The average molecular weight is 423 g/mol. The number of rotatable bonds is 5. The Hall–Kier alpha value is -3.52. The van der Waals surface area contributed by atoms with E-state index in [2.05, 4.69) is 10.6 Å². The summed E-state index contributed by atoms with van der Waals surface area (Å²) in [5, 5.41) is 5.54. The maximum atomic E-state index is 13.0. The van der Waals surface area contributed by atoms with E-state index >= 15 is 0 Å². The number of fused-ring (bicyclic) bond motifs is 1. The molecule has 4 rings (SSSR count). The van der Waals surface area contributed by atoms with Gasteiger partial charge in [-0.05, 0) is 48.5 Å². The molecular formula is C22H21N3O4S. The van der Waals surface area contributed by atoms with Gasteiger partial charge >= 0.3 is 6.03 Å². The second-order valence-electron chi connectivity index (χ2n) is 6.54. The van der Waals surface area contributed by atoms with Crippen molar-refractivity contribution in [2.75, 3.05) is 35.2 Å². The molecule has 3 aromatic rings. The molecule has 0 aromatic heterocycles. The Bertz CT molecular complexity index is 1060. The van der Waals surface area contributed by atoms with E-state index in [1.807, 2.05) is 30.3 Å². The molecule has 8 heteroatoms. The van der Waals surface area contributed by atoms with Crippen LogP contribution in [0, 0.1) is 0 Å². The van der Waals surface area contributed by atoms with Crippen molar-refractivity contribution >= 4 is 34.1 Å². The molecule has 1 aliphatic rings. The van der Waals surface area contributed by atoms with E-state index in [1.165, 1.54) is 0 Å². The molecule has 0 fully saturated rings. The van der Waals surface area contributed by atoms with Crippen LogP contribution < -0.4 is 24.4 Å². The standard InChI is InChI=1S/C22H21N3O4S/c1-25(30(27)19-11-12-20-21(15-19)29-14-13-28-20)18-9-7-17(8-10-18)24-22(26)23-16-5-3-2-4-6-16/h2-12,15H,13-14H2,1H3,(H2,23,24,26).